The van der Waals surface area contributed by atoms with Gasteiger partial charge in [-0.2, -0.15) is 13.2 Å². The van der Waals surface area contributed by atoms with E-state index in [2.05, 4.69) is 21.2 Å². The van der Waals surface area contributed by atoms with Crippen LogP contribution in [0.3, 0.4) is 0 Å². The Labute approximate surface area is 136 Å². The van der Waals surface area contributed by atoms with Gasteiger partial charge in [0.05, 0.1) is 15.4 Å². The van der Waals surface area contributed by atoms with Crippen LogP contribution in [0.2, 0.25) is 5.02 Å². The van der Waals surface area contributed by atoms with E-state index < -0.39 is 29.2 Å². The molecule has 0 saturated heterocycles. The second-order valence-corrected chi connectivity index (χ2v) is 6.81. The molecule has 1 aliphatic heterocycles. The summed E-state index contributed by atoms with van der Waals surface area (Å²) in [7, 11) is 0. The smallest absolute Gasteiger partial charge is 0.327 e. The van der Waals surface area contributed by atoms with Crippen molar-refractivity contribution in [3.8, 4) is 0 Å². The molecule has 1 saturated carbocycles. The van der Waals surface area contributed by atoms with Crippen LogP contribution < -0.4 is 10.9 Å². The Balaban J connectivity index is 2.31. The van der Waals surface area contributed by atoms with Crippen LogP contribution in [-0.2, 0) is 5.66 Å². The van der Waals surface area contributed by atoms with E-state index in [-0.39, 0.29) is 28.0 Å². The number of carbonyl (C=O) groups is 1. The first-order valence-corrected chi connectivity index (χ1v) is 7.86. The maximum Gasteiger partial charge on any atom is 0.395 e. The molecule has 0 aromatic carbocycles. The van der Waals surface area contributed by atoms with Gasteiger partial charge in [-0.1, -0.05) is 18.0 Å². The number of alkyl halides is 3. The van der Waals surface area contributed by atoms with E-state index in [1.807, 2.05) is 0 Å². The van der Waals surface area contributed by atoms with E-state index in [0.29, 0.717) is 12.8 Å². The maximum atomic E-state index is 13.5. The van der Waals surface area contributed by atoms with Crippen LogP contribution in [0.1, 0.15) is 36.2 Å². The molecule has 1 fully saturated rings. The van der Waals surface area contributed by atoms with Crippen LogP contribution in [0.4, 0.5) is 13.2 Å². The summed E-state index contributed by atoms with van der Waals surface area (Å²) in [6.07, 6.45) is -3.73. The van der Waals surface area contributed by atoms with Crippen molar-refractivity contribution in [2.24, 2.45) is 5.92 Å². The summed E-state index contributed by atoms with van der Waals surface area (Å²) in [5.74, 6) is -2.56. The van der Waals surface area contributed by atoms with Gasteiger partial charge in [-0.05, 0) is 41.3 Å². The fraction of sp³-hybridized carbons (Fsp3) is 0.538. The normalized spacial score (nSPS) is 27.9. The van der Waals surface area contributed by atoms with Crippen LogP contribution in [0.25, 0.3) is 0 Å². The molecule has 2 atom stereocenters. The SMILES string of the molecule is O=C1NC2(CCCCC2C(F)(F)F)n2c1c(Cl)cc(Br)c2=O. The summed E-state index contributed by atoms with van der Waals surface area (Å²) < 4.78 is 41.4. The van der Waals surface area contributed by atoms with Crippen molar-refractivity contribution in [1.82, 2.24) is 9.88 Å². The van der Waals surface area contributed by atoms with Crippen molar-refractivity contribution in [1.29, 1.82) is 0 Å². The minimum Gasteiger partial charge on any atom is -0.327 e. The van der Waals surface area contributed by atoms with Gasteiger partial charge < -0.3 is 5.32 Å². The van der Waals surface area contributed by atoms with Crippen LogP contribution in [0, 0.1) is 5.92 Å². The number of hydrogen-bond acceptors (Lipinski definition) is 2. The average Bonchev–Trinajstić information content (AvgIpc) is 2.69. The van der Waals surface area contributed by atoms with Crippen LogP contribution >= 0.6 is 27.5 Å². The van der Waals surface area contributed by atoms with Gasteiger partial charge in [0.25, 0.3) is 11.5 Å². The Morgan fingerprint density at radius 1 is 1.36 bits per heavy atom. The lowest BCUT2D eigenvalue weighted by atomic mass is 9.78. The zero-order valence-corrected chi connectivity index (χ0v) is 13.5. The van der Waals surface area contributed by atoms with Gasteiger partial charge in [0.2, 0.25) is 0 Å². The molecule has 0 bridgehead atoms. The Hall–Kier alpha value is -1.02. The molecule has 2 unspecified atom stereocenters. The third kappa shape index (κ3) is 2.11. The fourth-order valence-electron chi connectivity index (χ4n) is 3.47. The van der Waals surface area contributed by atoms with Crippen LogP contribution in [0.15, 0.2) is 15.3 Å². The lowest BCUT2D eigenvalue weighted by Gasteiger charge is -2.43. The highest BCUT2D eigenvalue weighted by Crippen LogP contribution is 2.49. The molecule has 2 aliphatic rings. The number of aromatic nitrogens is 1. The molecular weight excluding hydrogens is 389 g/mol. The third-order valence-electron chi connectivity index (χ3n) is 4.33. The third-order valence-corrected chi connectivity index (χ3v) is 5.18. The molecule has 1 aliphatic carbocycles. The molecule has 2 heterocycles. The molecule has 0 radical (unpaired) electrons. The minimum atomic E-state index is -4.52. The van der Waals surface area contributed by atoms with E-state index >= 15 is 0 Å². The molecule has 1 N–H and O–H groups in total. The van der Waals surface area contributed by atoms with Gasteiger partial charge in [0, 0.05) is 0 Å². The first kappa shape index (κ1) is 15.9. The molecule has 22 heavy (non-hydrogen) atoms. The van der Waals surface area contributed by atoms with Crippen LogP contribution in [-0.4, -0.2) is 16.7 Å². The zero-order valence-electron chi connectivity index (χ0n) is 11.1. The number of amides is 1. The second-order valence-electron chi connectivity index (χ2n) is 5.55. The summed E-state index contributed by atoms with van der Waals surface area (Å²) in [5, 5.41) is 2.35. The maximum absolute atomic E-state index is 13.5. The first-order chi connectivity index (χ1) is 10.2. The summed E-state index contributed by atoms with van der Waals surface area (Å²) >= 11 is 8.98. The molecule has 120 valence electrons. The molecule has 3 rings (SSSR count). The van der Waals surface area contributed by atoms with E-state index in [1.165, 1.54) is 6.07 Å². The van der Waals surface area contributed by atoms with Gasteiger partial charge in [-0.3, -0.25) is 14.2 Å². The number of pyridine rings is 1. The molecule has 1 amide bonds. The Bertz CT molecular complexity index is 718. The van der Waals surface area contributed by atoms with Gasteiger partial charge in [0.15, 0.2) is 0 Å². The molecule has 1 aromatic heterocycles. The minimum absolute atomic E-state index is 0.0311. The van der Waals surface area contributed by atoms with Crippen LogP contribution in [0.5, 0.6) is 0 Å². The van der Waals surface area contributed by atoms with E-state index in [4.69, 9.17) is 11.6 Å². The van der Waals surface area contributed by atoms with Gasteiger partial charge >= 0.3 is 6.18 Å². The predicted molar refractivity (Wildman–Crippen MR) is 76.9 cm³/mol. The number of carbonyl (C=O) groups excluding carboxylic acids is 1. The Kier molecular flexibility index (Phi) is 3.60. The Morgan fingerprint density at radius 3 is 2.68 bits per heavy atom. The lowest BCUT2D eigenvalue weighted by molar-refractivity contribution is -0.215. The van der Waals surface area contributed by atoms with Crippen molar-refractivity contribution in [2.75, 3.05) is 0 Å². The average molecular weight is 400 g/mol. The van der Waals surface area contributed by atoms with Crippen molar-refractivity contribution < 1.29 is 18.0 Å². The summed E-state index contributed by atoms with van der Waals surface area (Å²) in [4.78, 5) is 24.6. The number of nitrogens with one attached hydrogen (secondary N) is 1. The standard InChI is InChI=1S/C13H11BrClF3N2O2/c14-6-5-7(15)9-10(21)19-12(20(9)11(6)22)4-2-1-3-8(12)13(16,17)18/h5,8H,1-4H2,(H,19,21). The lowest BCUT2D eigenvalue weighted by Crippen LogP contribution is -2.58. The monoisotopic (exact) mass is 398 g/mol. The Morgan fingerprint density at radius 2 is 2.05 bits per heavy atom. The zero-order chi connectivity index (χ0) is 16.3. The predicted octanol–water partition coefficient (Wildman–Crippen LogP) is 3.41. The molecule has 9 heteroatoms. The second kappa shape index (κ2) is 4.99. The van der Waals surface area contributed by atoms with Gasteiger partial charge in [-0.15, -0.1) is 0 Å². The number of fused-ring (bicyclic) bond motifs is 2. The highest BCUT2D eigenvalue weighted by atomic mass is 79.9. The van der Waals surface area contributed by atoms with E-state index in [9.17, 15) is 22.8 Å². The van der Waals surface area contributed by atoms with Crippen molar-refractivity contribution in [3.05, 3.63) is 31.6 Å². The van der Waals surface area contributed by atoms with Gasteiger partial charge in [-0.25, -0.2) is 0 Å². The number of rotatable bonds is 0. The molecule has 4 nitrogen and oxygen atoms in total. The topological polar surface area (TPSA) is 51.1 Å². The highest BCUT2D eigenvalue weighted by Gasteiger charge is 2.60. The highest BCUT2D eigenvalue weighted by molar-refractivity contribution is 9.10. The molecular formula is C13H11BrClF3N2O2. The quantitative estimate of drug-likeness (QED) is 0.727. The molecule has 1 aromatic rings. The molecule has 1 spiro atoms. The van der Waals surface area contributed by atoms with E-state index in [0.717, 1.165) is 4.57 Å². The first-order valence-electron chi connectivity index (χ1n) is 6.69. The largest absolute Gasteiger partial charge is 0.395 e. The number of hydrogen-bond donors (Lipinski definition) is 1. The van der Waals surface area contributed by atoms with Crippen molar-refractivity contribution in [2.45, 2.75) is 37.5 Å². The summed E-state index contributed by atoms with van der Waals surface area (Å²) in [6, 6.07) is 1.24. The van der Waals surface area contributed by atoms with E-state index in [1.54, 1.807) is 0 Å². The van der Waals surface area contributed by atoms with Crippen molar-refractivity contribution >= 4 is 33.4 Å². The summed E-state index contributed by atoms with van der Waals surface area (Å²) in [6.45, 7) is 0. The summed E-state index contributed by atoms with van der Waals surface area (Å²) in [5.41, 5.74) is -2.67. The number of halogens is 5. The fourth-order valence-corrected chi connectivity index (χ4v) is 4.28. The number of nitrogens with zero attached hydrogens (tertiary/aromatic N) is 1. The van der Waals surface area contributed by atoms with Crippen molar-refractivity contribution in [3.63, 3.8) is 0 Å². The van der Waals surface area contributed by atoms with Gasteiger partial charge in [0.1, 0.15) is 11.4 Å².